The second-order valence-electron chi connectivity index (χ2n) is 4.03. The lowest BCUT2D eigenvalue weighted by Crippen LogP contribution is -2.34. The smallest absolute Gasteiger partial charge is 0.333 e. The number of nitrogens with one attached hydrogen (secondary N) is 1. The van der Waals surface area contributed by atoms with Crippen LogP contribution < -0.4 is 9.03 Å². The first-order valence-corrected chi connectivity index (χ1v) is 7.15. The fourth-order valence-electron chi connectivity index (χ4n) is 1.62. The van der Waals surface area contributed by atoms with Crippen LogP contribution in [-0.4, -0.2) is 25.0 Å². The largest absolute Gasteiger partial charge is 0.508 e. The molecular weight excluding hydrogens is 296 g/mol. The molecule has 0 fully saturated rings. The van der Waals surface area contributed by atoms with Gasteiger partial charge < -0.3 is 10.2 Å². The first kappa shape index (κ1) is 14.7. The Balaban J connectivity index is 2.34. The molecule has 0 aliphatic rings. The van der Waals surface area contributed by atoms with Gasteiger partial charge in [0, 0.05) is 12.1 Å². The van der Waals surface area contributed by atoms with Crippen LogP contribution in [0.3, 0.4) is 0 Å². The molecule has 0 aliphatic carbocycles. The lowest BCUT2D eigenvalue weighted by molar-refractivity contribution is 0.475. The second-order valence-corrected chi connectivity index (χ2v) is 5.55. The fraction of sp³-hybridized carbons (Fsp3) is 0. The van der Waals surface area contributed by atoms with Gasteiger partial charge in [-0.2, -0.15) is 12.7 Å². The third-order valence-electron chi connectivity index (χ3n) is 2.48. The molecule has 2 rings (SSSR count). The third kappa shape index (κ3) is 3.42. The molecule has 0 heterocycles. The van der Waals surface area contributed by atoms with Gasteiger partial charge in [-0.1, -0.05) is 12.1 Å². The minimum Gasteiger partial charge on any atom is -0.508 e. The molecule has 109 valence electrons. The average molecular weight is 307 g/mol. The molecule has 0 unspecified atom stereocenters. The zero-order chi connectivity index (χ0) is 15.5. The average Bonchev–Trinajstić information content (AvgIpc) is 2.38. The van der Waals surface area contributed by atoms with E-state index >= 15 is 0 Å². The Bertz CT molecular complexity index is 761. The van der Waals surface area contributed by atoms with Crippen LogP contribution in [0, 0.1) is 0 Å². The zero-order valence-corrected chi connectivity index (χ0v) is 11.4. The molecule has 2 aromatic rings. The molecule has 0 saturated carbocycles. The van der Waals surface area contributed by atoms with Crippen molar-refractivity contribution < 1.29 is 23.4 Å². The number of anilines is 2. The van der Waals surface area contributed by atoms with Gasteiger partial charge in [-0.3, -0.25) is 9.52 Å². The number of hydrogen-bond acceptors (Lipinski definition) is 5. The SMILES string of the molecule is O=[C]N(c1cccc(O)c1)S(=O)(=O)Nc1cccc(O)c1. The number of phenols is 2. The molecule has 7 nitrogen and oxygen atoms in total. The van der Waals surface area contributed by atoms with Crippen LogP contribution in [0.5, 0.6) is 11.5 Å². The highest BCUT2D eigenvalue weighted by Crippen LogP contribution is 2.23. The molecule has 8 heteroatoms. The van der Waals surface area contributed by atoms with Crippen molar-refractivity contribution in [3.05, 3.63) is 48.5 Å². The van der Waals surface area contributed by atoms with Gasteiger partial charge in [0.1, 0.15) is 11.5 Å². The highest BCUT2D eigenvalue weighted by atomic mass is 32.2. The normalized spacial score (nSPS) is 10.9. The van der Waals surface area contributed by atoms with Gasteiger partial charge in [0.15, 0.2) is 0 Å². The summed E-state index contributed by atoms with van der Waals surface area (Å²) in [5.41, 5.74) is 0.00746. The van der Waals surface area contributed by atoms with Crippen LogP contribution in [0.4, 0.5) is 11.4 Å². The monoisotopic (exact) mass is 307 g/mol. The van der Waals surface area contributed by atoms with Gasteiger partial charge in [-0.15, -0.1) is 0 Å². The lowest BCUT2D eigenvalue weighted by atomic mass is 10.3. The second kappa shape index (κ2) is 5.71. The highest BCUT2D eigenvalue weighted by molar-refractivity contribution is 7.94. The molecule has 0 atom stereocenters. The standard InChI is InChI=1S/C13H11N2O5S/c16-9-15(11-4-2-6-13(18)8-11)21(19,20)14-10-3-1-5-12(17)7-10/h1-8,14,17-18H. The maximum absolute atomic E-state index is 12.1. The summed E-state index contributed by atoms with van der Waals surface area (Å²) in [6.45, 7) is 0. The summed E-state index contributed by atoms with van der Waals surface area (Å²) in [6, 6.07) is 10.6. The Morgan fingerprint density at radius 2 is 1.62 bits per heavy atom. The van der Waals surface area contributed by atoms with Crippen molar-refractivity contribution in [1.82, 2.24) is 0 Å². The van der Waals surface area contributed by atoms with Crippen LogP contribution in [-0.2, 0) is 15.0 Å². The van der Waals surface area contributed by atoms with E-state index in [-0.39, 0.29) is 22.9 Å². The quantitative estimate of drug-likeness (QED) is 0.722. The molecule has 21 heavy (non-hydrogen) atoms. The number of phenolic OH excluding ortho intramolecular Hbond substituents is 2. The van der Waals surface area contributed by atoms with Gasteiger partial charge in [0.2, 0.25) is 0 Å². The molecule has 0 spiro atoms. The molecule has 1 radical (unpaired) electrons. The summed E-state index contributed by atoms with van der Waals surface area (Å²) in [6.07, 6.45) is 1.28. The van der Waals surface area contributed by atoms with E-state index in [2.05, 4.69) is 4.72 Å². The van der Waals surface area contributed by atoms with Crippen LogP contribution in [0.2, 0.25) is 0 Å². The van der Waals surface area contributed by atoms with Crippen molar-refractivity contribution in [2.75, 3.05) is 9.03 Å². The van der Waals surface area contributed by atoms with E-state index in [0.717, 1.165) is 6.07 Å². The predicted molar refractivity (Wildman–Crippen MR) is 76.9 cm³/mol. The number of carbonyl (C=O) groups excluding carboxylic acids is 1. The van der Waals surface area contributed by atoms with Crippen LogP contribution in [0.25, 0.3) is 0 Å². The first-order valence-electron chi connectivity index (χ1n) is 5.71. The van der Waals surface area contributed by atoms with E-state index in [1.54, 1.807) is 0 Å². The van der Waals surface area contributed by atoms with Gasteiger partial charge in [-0.25, -0.2) is 0 Å². The van der Waals surface area contributed by atoms with Crippen molar-refractivity contribution in [3.8, 4) is 11.5 Å². The van der Waals surface area contributed by atoms with Gasteiger partial charge >= 0.3 is 16.6 Å². The number of aromatic hydroxyl groups is 2. The minimum absolute atomic E-state index is 0.0716. The summed E-state index contributed by atoms with van der Waals surface area (Å²) < 4.78 is 26.7. The molecule has 3 N–H and O–H groups in total. The summed E-state index contributed by atoms with van der Waals surface area (Å²) in [5, 5.41) is 18.6. The zero-order valence-electron chi connectivity index (χ0n) is 10.6. The minimum atomic E-state index is -4.27. The Hall–Kier alpha value is -2.74. The van der Waals surface area contributed by atoms with E-state index in [0.29, 0.717) is 4.31 Å². The Morgan fingerprint density at radius 3 is 2.19 bits per heavy atom. The number of amides is 1. The topological polar surface area (TPSA) is 107 Å². The summed E-state index contributed by atoms with van der Waals surface area (Å²) in [4.78, 5) is 11.0. The first-order chi connectivity index (χ1) is 9.92. The molecule has 2 aromatic carbocycles. The van der Waals surface area contributed by atoms with E-state index in [1.807, 2.05) is 0 Å². The van der Waals surface area contributed by atoms with Crippen molar-refractivity contribution in [1.29, 1.82) is 0 Å². The summed E-state index contributed by atoms with van der Waals surface area (Å²) in [5.74, 6) is -0.325. The predicted octanol–water partition coefficient (Wildman–Crippen LogP) is 1.33. The van der Waals surface area contributed by atoms with E-state index in [4.69, 9.17) is 0 Å². The molecule has 0 aromatic heterocycles. The van der Waals surface area contributed by atoms with Crippen LogP contribution >= 0.6 is 0 Å². The Labute approximate surface area is 121 Å². The van der Waals surface area contributed by atoms with Gasteiger partial charge in [0.05, 0.1) is 11.4 Å². The third-order valence-corrected chi connectivity index (χ3v) is 3.74. The summed E-state index contributed by atoms with van der Waals surface area (Å²) in [7, 11) is -4.27. The molecule has 0 bridgehead atoms. The lowest BCUT2D eigenvalue weighted by Gasteiger charge is -2.18. The molecule has 0 aliphatic heterocycles. The number of nitrogens with zero attached hydrogens (tertiary/aromatic N) is 1. The summed E-state index contributed by atoms with van der Waals surface area (Å²) >= 11 is 0. The highest BCUT2D eigenvalue weighted by Gasteiger charge is 2.23. The van der Waals surface area contributed by atoms with E-state index < -0.39 is 10.2 Å². The van der Waals surface area contributed by atoms with Crippen LogP contribution in [0.1, 0.15) is 0 Å². The van der Waals surface area contributed by atoms with E-state index in [9.17, 15) is 23.4 Å². The molecular formula is C13H11N2O5S. The van der Waals surface area contributed by atoms with Crippen molar-refractivity contribution in [3.63, 3.8) is 0 Å². The number of rotatable bonds is 5. The van der Waals surface area contributed by atoms with Crippen LogP contribution in [0.15, 0.2) is 48.5 Å². The van der Waals surface area contributed by atoms with Crippen molar-refractivity contribution in [2.24, 2.45) is 0 Å². The Morgan fingerprint density at radius 1 is 1.00 bits per heavy atom. The maximum Gasteiger partial charge on any atom is 0.333 e. The fourth-order valence-corrected chi connectivity index (χ4v) is 2.63. The maximum atomic E-state index is 12.1. The van der Waals surface area contributed by atoms with Gasteiger partial charge in [-0.05, 0) is 24.3 Å². The van der Waals surface area contributed by atoms with Crippen molar-refractivity contribution >= 4 is 28.0 Å². The molecule has 1 amide bonds. The number of benzene rings is 2. The van der Waals surface area contributed by atoms with Crippen molar-refractivity contribution in [2.45, 2.75) is 0 Å². The van der Waals surface area contributed by atoms with E-state index in [1.165, 1.54) is 48.9 Å². The van der Waals surface area contributed by atoms with Gasteiger partial charge in [0.25, 0.3) is 0 Å². The Kier molecular flexibility index (Phi) is 3.99. The molecule has 0 saturated heterocycles. The number of hydrogen-bond donors (Lipinski definition) is 3.